The average molecular weight is 403 g/mol. The number of halogens is 1. The lowest BCUT2D eigenvalue weighted by Crippen LogP contribution is -2.26. The Bertz CT molecular complexity index is 895. The van der Waals surface area contributed by atoms with Gasteiger partial charge in [-0.3, -0.25) is 4.79 Å². The third-order valence-electron chi connectivity index (χ3n) is 3.80. The molecule has 0 spiro atoms. The number of aryl methyl sites for hydroxylation is 1. The number of nitrogens with one attached hydrogen (secondary N) is 1. The van der Waals surface area contributed by atoms with Crippen LogP contribution in [0.2, 0.25) is 5.02 Å². The van der Waals surface area contributed by atoms with E-state index in [2.05, 4.69) is 10.3 Å². The maximum atomic E-state index is 12.6. The molecule has 0 aliphatic rings. The van der Waals surface area contributed by atoms with E-state index >= 15 is 0 Å². The number of carbonyl (C=O) groups excluding carboxylic acids is 1. The predicted molar refractivity (Wildman–Crippen MR) is 110 cm³/mol. The van der Waals surface area contributed by atoms with Gasteiger partial charge in [-0.15, -0.1) is 11.3 Å². The fraction of sp³-hybridized carbons (Fsp3) is 0.200. The number of hydrogen-bond donors (Lipinski definition) is 1. The van der Waals surface area contributed by atoms with E-state index in [9.17, 15) is 4.79 Å². The predicted octanol–water partition coefficient (Wildman–Crippen LogP) is 5.37. The highest BCUT2D eigenvalue weighted by molar-refractivity contribution is 8.00. The van der Waals surface area contributed by atoms with Crippen molar-refractivity contribution < 1.29 is 4.79 Å². The quantitative estimate of drug-likeness (QED) is 0.540. The van der Waals surface area contributed by atoms with E-state index in [1.165, 1.54) is 0 Å². The molecule has 1 N–H and O–H groups in total. The molecule has 0 saturated carbocycles. The number of thioether (sulfide) groups is 1. The topological polar surface area (TPSA) is 42.0 Å². The number of nitrogens with zero attached hydrogens (tertiary/aromatic N) is 1. The summed E-state index contributed by atoms with van der Waals surface area (Å²) in [5, 5.41) is 5.76. The van der Waals surface area contributed by atoms with E-state index in [0.717, 1.165) is 38.9 Å². The maximum Gasteiger partial charge on any atom is 0.251 e. The van der Waals surface area contributed by atoms with Gasteiger partial charge in [-0.25, -0.2) is 4.98 Å². The summed E-state index contributed by atoms with van der Waals surface area (Å²) in [6.07, 6.45) is 0.752. The summed E-state index contributed by atoms with van der Waals surface area (Å²) in [5.41, 5.74) is 3.88. The van der Waals surface area contributed by atoms with Gasteiger partial charge in [-0.1, -0.05) is 53.7 Å². The van der Waals surface area contributed by atoms with Gasteiger partial charge in [0.25, 0.3) is 5.91 Å². The first kappa shape index (κ1) is 19.0. The van der Waals surface area contributed by atoms with Gasteiger partial charge in [0.15, 0.2) is 0 Å². The Morgan fingerprint density at radius 3 is 2.85 bits per heavy atom. The van der Waals surface area contributed by atoms with E-state index in [1.54, 1.807) is 23.1 Å². The van der Waals surface area contributed by atoms with Crippen molar-refractivity contribution >= 4 is 40.6 Å². The highest BCUT2D eigenvalue weighted by atomic mass is 35.5. The molecule has 0 atom stereocenters. The summed E-state index contributed by atoms with van der Waals surface area (Å²) in [6.45, 7) is 2.56. The van der Waals surface area contributed by atoms with Gasteiger partial charge < -0.3 is 5.32 Å². The van der Waals surface area contributed by atoms with Crippen LogP contribution >= 0.6 is 34.7 Å². The molecule has 3 rings (SSSR count). The van der Waals surface area contributed by atoms with Crippen LogP contribution in [0.1, 0.15) is 27.2 Å². The SMILES string of the molecule is Cc1csc(SCc2ccccc2C(=O)NCCc2cccc(Cl)c2)n1. The van der Waals surface area contributed by atoms with Crippen LogP contribution in [0.15, 0.2) is 58.3 Å². The van der Waals surface area contributed by atoms with Gasteiger partial charge in [-0.2, -0.15) is 0 Å². The Labute approximate surface area is 166 Å². The van der Waals surface area contributed by atoms with Crippen LogP contribution in [0.3, 0.4) is 0 Å². The second kappa shape index (κ2) is 9.21. The summed E-state index contributed by atoms with van der Waals surface area (Å²) in [6, 6.07) is 15.4. The molecule has 2 aromatic carbocycles. The Balaban J connectivity index is 1.58. The highest BCUT2D eigenvalue weighted by Crippen LogP contribution is 2.27. The molecule has 0 radical (unpaired) electrons. The van der Waals surface area contributed by atoms with Gasteiger partial charge in [0.05, 0.1) is 0 Å². The van der Waals surface area contributed by atoms with Crippen LogP contribution in [0.5, 0.6) is 0 Å². The summed E-state index contributed by atoms with van der Waals surface area (Å²) in [7, 11) is 0. The molecule has 0 fully saturated rings. The summed E-state index contributed by atoms with van der Waals surface area (Å²) >= 11 is 9.29. The monoisotopic (exact) mass is 402 g/mol. The van der Waals surface area contributed by atoms with E-state index in [0.29, 0.717) is 11.6 Å². The number of hydrogen-bond acceptors (Lipinski definition) is 4. The Kier molecular flexibility index (Phi) is 6.72. The van der Waals surface area contributed by atoms with Crippen molar-refractivity contribution in [3.05, 3.63) is 81.3 Å². The first-order chi connectivity index (χ1) is 12.6. The van der Waals surface area contributed by atoms with Crippen LogP contribution in [0.4, 0.5) is 0 Å². The van der Waals surface area contributed by atoms with Crippen LogP contribution in [-0.4, -0.2) is 17.4 Å². The van der Waals surface area contributed by atoms with Crippen LogP contribution in [0, 0.1) is 6.92 Å². The zero-order valence-corrected chi connectivity index (χ0v) is 16.8. The first-order valence-corrected chi connectivity index (χ1v) is 10.5. The molecular formula is C20H19ClN2OS2. The molecule has 0 aliphatic carbocycles. The van der Waals surface area contributed by atoms with Gasteiger partial charge >= 0.3 is 0 Å². The normalized spacial score (nSPS) is 10.7. The lowest BCUT2D eigenvalue weighted by atomic mass is 10.1. The van der Waals surface area contributed by atoms with Crippen molar-refractivity contribution in [3.63, 3.8) is 0 Å². The minimum atomic E-state index is -0.0430. The van der Waals surface area contributed by atoms with Crippen molar-refractivity contribution in [3.8, 4) is 0 Å². The molecule has 1 aromatic heterocycles. The molecule has 0 aliphatic heterocycles. The zero-order valence-electron chi connectivity index (χ0n) is 14.4. The van der Waals surface area contributed by atoms with E-state index < -0.39 is 0 Å². The first-order valence-electron chi connectivity index (χ1n) is 8.27. The zero-order chi connectivity index (χ0) is 18.4. The lowest BCUT2D eigenvalue weighted by molar-refractivity contribution is 0.0953. The second-order valence-electron chi connectivity index (χ2n) is 5.84. The largest absolute Gasteiger partial charge is 0.352 e. The molecule has 26 heavy (non-hydrogen) atoms. The molecule has 1 heterocycles. The van der Waals surface area contributed by atoms with E-state index in [1.807, 2.05) is 60.8 Å². The van der Waals surface area contributed by atoms with Crippen LogP contribution < -0.4 is 5.32 Å². The van der Waals surface area contributed by atoms with Crippen molar-refractivity contribution in [1.29, 1.82) is 0 Å². The Morgan fingerprint density at radius 1 is 1.23 bits per heavy atom. The Hall–Kier alpha value is -1.82. The molecule has 3 nitrogen and oxygen atoms in total. The number of rotatable bonds is 7. The van der Waals surface area contributed by atoms with Gasteiger partial charge in [-0.05, 0) is 42.7 Å². The average Bonchev–Trinajstić information content (AvgIpc) is 3.05. The maximum absolute atomic E-state index is 12.6. The summed E-state index contributed by atoms with van der Waals surface area (Å²) in [5.74, 6) is 0.684. The molecule has 3 aromatic rings. The number of carbonyl (C=O) groups is 1. The molecule has 0 bridgehead atoms. The molecule has 0 unspecified atom stereocenters. The third kappa shape index (κ3) is 5.34. The van der Waals surface area contributed by atoms with Crippen molar-refractivity contribution in [2.75, 3.05) is 6.54 Å². The molecule has 6 heteroatoms. The number of aromatic nitrogens is 1. The minimum Gasteiger partial charge on any atom is -0.352 e. The van der Waals surface area contributed by atoms with Crippen molar-refractivity contribution in [2.24, 2.45) is 0 Å². The molecule has 134 valence electrons. The molecule has 1 amide bonds. The number of benzene rings is 2. The fourth-order valence-corrected chi connectivity index (χ4v) is 4.58. The van der Waals surface area contributed by atoms with Crippen molar-refractivity contribution in [2.45, 2.75) is 23.4 Å². The number of amides is 1. The van der Waals surface area contributed by atoms with Crippen LogP contribution in [-0.2, 0) is 12.2 Å². The fourth-order valence-electron chi connectivity index (χ4n) is 2.51. The van der Waals surface area contributed by atoms with Gasteiger partial charge in [0, 0.05) is 34.0 Å². The molecular weight excluding hydrogens is 384 g/mol. The third-order valence-corrected chi connectivity index (χ3v) is 6.22. The second-order valence-corrected chi connectivity index (χ2v) is 8.35. The Morgan fingerprint density at radius 2 is 2.08 bits per heavy atom. The smallest absolute Gasteiger partial charge is 0.251 e. The van der Waals surface area contributed by atoms with Crippen LogP contribution in [0.25, 0.3) is 0 Å². The standard InChI is InChI=1S/C20H19ClN2OS2/c1-14-12-25-20(23-14)26-13-16-6-2-3-8-18(16)19(24)22-10-9-15-5-4-7-17(21)11-15/h2-8,11-12H,9-10,13H2,1H3,(H,22,24). The summed E-state index contributed by atoms with van der Waals surface area (Å²) in [4.78, 5) is 17.0. The highest BCUT2D eigenvalue weighted by Gasteiger charge is 2.11. The van der Waals surface area contributed by atoms with Gasteiger partial charge in [0.1, 0.15) is 4.34 Å². The minimum absolute atomic E-state index is 0.0430. The lowest BCUT2D eigenvalue weighted by Gasteiger charge is -2.10. The number of thiazole rings is 1. The van der Waals surface area contributed by atoms with E-state index in [4.69, 9.17) is 11.6 Å². The van der Waals surface area contributed by atoms with Crippen molar-refractivity contribution in [1.82, 2.24) is 10.3 Å². The van der Waals surface area contributed by atoms with Gasteiger partial charge in [0.2, 0.25) is 0 Å². The van der Waals surface area contributed by atoms with E-state index in [-0.39, 0.29) is 5.91 Å². The summed E-state index contributed by atoms with van der Waals surface area (Å²) < 4.78 is 1.03. The molecule has 0 saturated heterocycles.